The number of carbonyl (C=O) groups excluding carboxylic acids is 1. The molecule has 108 valence electrons. The van der Waals surface area contributed by atoms with Gasteiger partial charge in [-0.2, -0.15) is 0 Å². The molecule has 1 aromatic carbocycles. The first-order valence-corrected chi connectivity index (χ1v) is 7.39. The van der Waals surface area contributed by atoms with Crippen LogP contribution in [0, 0.1) is 0 Å². The van der Waals surface area contributed by atoms with Crippen LogP contribution in [-0.2, 0) is 4.79 Å². The van der Waals surface area contributed by atoms with Gasteiger partial charge in [-0.05, 0) is 23.8 Å². The minimum Gasteiger partial charge on any atom is -0.482 e. The maximum Gasteiger partial charge on any atom is 0.265 e. The third-order valence-electron chi connectivity index (χ3n) is 3.01. The highest BCUT2D eigenvalue weighted by atomic mass is 79.9. The summed E-state index contributed by atoms with van der Waals surface area (Å²) >= 11 is 3.43. The molecule has 1 amide bonds. The van der Waals surface area contributed by atoms with E-state index in [1.165, 1.54) is 0 Å². The summed E-state index contributed by atoms with van der Waals surface area (Å²) in [5.74, 6) is 0.693. The monoisotopic (exact) mass is 338 g/mol. The van der Waals surface area contributed by atoms with Crippen LogP contribution in [0.5, 0.6) is 5.75 Å². The number of nitrogens with one attached hydrogen (secondary N) is 1. The van der Waals surface area contributed by atoms with E-state index in [0.29, 0.717) is 19.1 Å². The second kappa shape index (κ2) is 6.41. The van der Waals surface area contributed by atoms with Gasteiger partial charge in [-0.3, -0.25) is 4.79 Å². The molecule has 1 aliphatic heterocycles. The molecule has 20 heavy (non-hydrogen) atoms. The van der Waals surface area contributed by atoms with Crippen LogP contribution in [0.25, 0.3) is 0 Å². The molecule has 4 nitrogen and oxygen atoms in total. The van der Waals surface area contributed by atoms with Gasteiger partial charge in [-0.1, -0.05) is 36.4 Å². The molecule has 1 heterocycles. The largest absolute Gasteiger partial charge is 0.482 e. The van der Waals surface area contributed by atoms with Crippen LogP contribution in [-0.4, -0.2) is 31.6 Å². The Morgan fingerprint density at radius 3 is 3.00 bits per heavy atom. The number of hydrogen-bond acceptors (Lipinski definition) is 3. The van der Waals surface area contributed by atoms with Gasteiger partial charge in [-0.25, -0.2) is 0 Å². The Morgan fingerprint density at radius 2 is 2.30 bits per heavy atom. The van der Waals surface area contributed by atoms with E-state index < -0.39 is 0 Å². The predicted molar refractivity (Wildman–Crippen MR) is 84.3 cm³/mol. The van der Waals surface area contributed by atoms with E-state index in [4.69, 9.17) is 4.74 Å². The molecule has 0 aromatic heterocycles. The van der Waals surface area contributed by atoms with Gasteiger partial charge < -0.3 is 15.0 Å². The van der Waals surface area contributed by atoms with E-state index in [1.807, 2.05) is 18.2 Å². The van der Waals surface area contributed by atoms with E-state index >= 15 is 0 Å². The van der Waals surface area contributed by atoms with Crippen molar-refractivity contribution in [2.45, 2.75) is 19.9 Å². The van der Waals surface area contributed by atoms with Crippen molar-refractivity contribution in [3.05, 3.63) is 34.8 Å². The highest BCUT2D eigenvalue weighted by Crippen LogP contribution is 2.34. The third-order valence-corrected chi connectivity index (χ3v) is 3.50. The summed E-state index contributed by atoms with van der Waals surface area (Å²) in [4.78, 5) is 13.8. The Kier molecular flexibility index (Phi) is 4.83. The van der Waals surface area contributed by atoms with Gasteiger partial charge in [0.2, 0.25) is 0 Å². The maximum absolute atomic E-state index is 12.1. The average molecular weight is 339 g/mol. The van der Waals surface area contributed by atoms with Crippen LogP contribution < -0.4 is 15.0 Å². The molecule has 0 fully saturated rings. The molecule has 0 unspecified atom stereocenters. The number of fused-ring (bicyclic) bond motifs is 1. The molecule has 0 aliphatic carbocycles. The van der Waals surface area contributed by atoms with Crippen molar-refractivity contribution in [1.29, 1.82) is 0 Å². The van der Waals surface area contributed by atoms with Gasteiger partial charge >= 0.3 is 0 Å². The van der Waals surface area contributed by atoms with Crippen molar-refractivity contribution in [1.82, 2.24) is 5.32 Å². The van der Waals surface area contributed by atoms with Gasteiger partial charge in [-0.15, -0.1) is 0 Å². The topological polar surface area (TPSA) is 41.6 Å². The highest BCUT2D eigenvalue weighted by molar-refractivity contribution is 9.10. The molecule has 1 aromatic rings. The summed E-state index contributed by atoms with van der Waals surface area (Å²) in [5.41, 5.74) is 1.76. The molecular formula is C15H19BrN2O2. The number of carbonyl (C=O) groups is 1. The lowest BCUT2D eigenvalue weighted by Crippen LogP contribution is -2.41. The van der Waals surface area contributed by atoms with Gasteiger partial charge in [0, 0.05) is 23.6 Å². The zero-order valence-electron chi connectivity index (χ0n) is 11.8. The van der Waals surface area contributed by atoms with Crippen molar-refractivity contribution in [2.75, 3.05) is 24.6 Å². The normalized spacial score (nSPS) is 14.2. The molecule has 2 rings (SSSR count). The van der Waals surface area contributed by atoms with Crippen molar-refractivity contribution in [3.63, 3.8) is 0 Å². The molecule has 0 radical (unpaired) electrons. The molecule has 1 aliphatic rings. The number of nitrogens with zero attached hydrogens (tertiary/aromatic N) is 1. The highest BCUT2D eigenvalue weighted by Gasteiger charge is 2.25. The zero-order valence-corrected chi connectivity index (χ0v) is 13.4. The van der Waals surface area contributed by atoms with E-state index in [0.717, 1.165) is 21.5 Å². The lowest BCUT2D eigenvalue weighted by molar-refractivity contribution is -0.121. The number of amides is 1. The fourth-order valence-corrected chi connectivity index (χ4v) is 2.33. The van der Waals surface area contributed by atoms with E-state index in [9.17, 15) is 4.79 Å². The summed E-state index contributed by atoms with van der Waals surface area (Å²) < 4.78 is 6.37. The van der Waals surface area contributed by atoms with Gasteiger partial charge in [0.15, 0.2) is 6.61 Å². The molecule has 0 bridgehead atoms. The predicted octanol–water partition coefficient (Wildman–Crippen LogP) is 2.73. The van der Waals surface area contributed by atoms with Crippen molar-refractivity contribution < 1.29 is 9.53 Å². The van der Waals surface area contributed by atoms with E-state index in [1.54, 1.807) is 4.90 Å². The molecule has 0 atom stereocenters. The van der Waals surface area contributed by atoms with Crippen LogP contribution in [0.4, 0.5) is 5.69 Å². The zero-order chi connectivity index (χ0) is 14.7. The van der Waals surface area contributed by atoms with Crippen molar-refractivity contribution in [3.8, 4) is 5.75 Å². The Balaban J connectivity index is 2.13. The SMILES string of the molecule is C=C(CNC(C)C)CN1C(=O)COc2ccc(Br)cc21. The Bertz CT molecular complexity index is 529. The summed E-state index contributed by atoms with van der Waals surface area (Å²) in [7, 11) is 0. The number of anilines is 1. The first-order valence-electron chi connectivity index (χ1n) is 6.60. The smallest absolute Gasteiger partial charge is 0.265 e. The second-order valence-corrected chi connectivity index (χ2v) is 6.08. The van der Waals surface area contributed by atoms with Crippen LogP contribution >= 0.6 is 15.9 Å². The lowest BCUT2D eigenvalue weighted by Gasteiger charge is -2.30. The summed E-state index contributed by atoms with van der Waals surface area (Å²) in [5, 5.41) is 3.31. The van der Waals surface area contributed by atoms with Gasteiger partial charge in [0.05, 0.1) is 5.69 Å². The number of rotatable bonds is 5. The quantitative estimate of drug-likeness (QED) is 0.839. The van der Waals surface area contributed by atoms with Gasteiger partial charge in [0.1, 0.15) is 5.75 Å². The standard InChI is InChI=1S/C15H19BrN2O2/c1-10(2)17-7-11(3)8-18-13-6-12(16)4-5-14(13)20-9-15(18)19/h4-6,10,17H,3,7-9H2,1-2H3. The van der Waals surface area contributed by atoms with Crippen LogP contribution in [0.15, 0.2) is 34.8 Å². The fourth-order valence-electron chi connectivity index (χ4n) is 1.98. The van der Waals surface area contributed by atoms with Crippen molar-refractivity contribution in [2.24, 2.45) is 0 Å². The van der Waals surface area contributed by atoms with E-state index in [2.05, 4.69) is 41.7 Å². The molecule has 1 N–H and O–H groups in total. The van der Waals surface area contributed by atoms with E-state index in [-0.39, 0.29) is 12.5 Å². The first-order chi connectivity index (χ1) is 9.47. The summed E-state index contributed by atoms with van der Waals surface area (Å²) in [6.07, 6.45) is 0. The summed E-state index contributed by atoms with van der Waals surface area (Å²) in [6.45, 7) is 9.50. The Hall–Kier alpha value is -1.33. The number of hydrogen-bond donors (Lipinski definition) is 1. The van der Waals surface area contributed by atoms with Crippen LogP contribution in [0.3, 0.4) is 0 Å². The maximum atomic E-state index is 12.1. The van der Waals surface area contributed by atoms with Crippen LogP contribution in [0.1, 0.15) is 13.8 Å². The van der Waals surface area contributed by atoms with Crippen LogP contribution in [0.2, 0.25) is 0 Å². The number of ether oxygens (including phenoxy) is 1. The Labute approximate surface area is 127 Å². The molecule has 0 saturated heterocycles. The average Bonchev–Trinajstić information content (AvgIpc) is 2.40. The number of halogens is 1. The van der Waals surface area contributed by atoms with Crippen molar-refractivity contribution >= 4 is 27.5 Å². The molecular weight excluding hydrogens is 320 g/mol. The number of benzene rings is 1. The molecule has 0 spiro atoms. The molecule has 5 heteroatoms. The van der Waals surface area contributed by atoms with Gasteiger partial charge in [0.25, 0.3) is 5.91 Å². The minimum absolute atomic E-state index is 0.0405. The lowest BCUT2D eigenvalue weighted by atomic mass is 10.2. The first kappa shape index (κ1) is 15.1. The third kappa shape index (κ3) is 3.61. The minimum atomic E-state index is -0.0405. The summed E-state index contributed by atoms with van der Waals surface area (Å²) in [6, 6.07) is 6.07. The fraction of sp³-hybridized carbons (Fsp3) is 0.400. The molecule has 0 saturated carbocycles. The Morgan fingerprint density at radius 1 is 1.55 bits per heavy atom. The second-order valence-electron chi connectivity index (χ2n) is 5.17.